The molecule has 0 N–H and O–H groups in total. The minimum atomic E-state index is -0.619. The second-order valence-electron chi connectivity index (χ2n) is 8.13. The highest BCUT2D eigenvalue weighted by molar-refractivity contribution is 6.08. The van der Waals surface area contributed by atoms with Gasteiger partial charge in [-0.3, -0.25) is 9.59 Å². The zero-order valence-electron chi connectivity index (χ0n) is 15.2. The Morgan fingerprint density at radius 3 is 2.67 bits per heavy atom. The highest BCUT2D eigenvalue weighted by Gasteiger charge is 2.54. The van der Waals surface area contributed by atoms with E-state index in [2.05, 4.69) is 20.8 Å². The van der Waals surface area contributed by atoms with E-state index in [4.69, 9.17) is 4.74 Å². The number of carbonyl (C=O) groups is 2. The Bertz CT molecular complexity index is 692. The Balaban J connectivity index is 1.92. The molecule has 130 valence electrons. The van der Waals surface area contributed by atoms with E-state index in [1.54, 1.807) is 12.0 Å². The van der Waals surface area contributed by atoms with Gasteiger partial charge in [0.15, 0.2) is 0 Å². The Morgan fingerprint density at radius 1 is 1.33 bits per heavy atom. The lowest BCUT2D eigenvalue weighted by Crippen LogP contribution is -2.42. The summed E-state index contributed by atoms with van der Waals surface area (Å²) in [6.45, 7) is 7.28. The fraction of sp³-hybridized carbons (Fsp3) is 0.579. The van der Waals surface area contributed by atoms with Gasteiger partial charge in [-0.15, -0.1) is 0 Å². The number of benzene rings is 1. The summed E-state index contributed by atoms with van der Waals surface area (Å²) in [5.41, 5.74) is 1.24. The molecule has 0 radical (unpaired) electrons. The third-order valence-corrected chi connectivity index (χ3v) is 5.10. The summed E-state index contributed by atoms with van der Waals surface area (Å²) in [5.74, 6) is 0.957. The zero-order valence-corrected chi connectivity index (χ0v) is 15.2. The molecule has 1 spiro atoms. The monoisotopic (exact) mass is 330 g/mol. The van der Waals surface area contributed by atoms with Crippen LogP contribution in [0, 0.1) is 5.41 Å². The van der Waals surface area contributed by atoms with Crippen molar-refractivity contribution in [3.05, 3.63) is 23.8 Å². The van der Waals surface area contributed by atoms with E-state index in [1.807, 2.05) is 30.1 Å². The molecule has 2 aliphatic rings. The average Bonchev–Trinajstić information content (AvgIpc) is 3.04. The molecule has 0 saturated carbocycles. The van der Waals surface area contributed by atoms with Crippen molar-refractivity contribution in [2.24, 2.45) is 5.41 Å². The number of anilines is 1. The SMILES string of the molecule is COc1ccc2c(c1)[C@]1(CCN(C(=O)CC(C)(C)C)C1)C(=O)N2C. The molecule has 5 nitrogen and oxygen atoms in total. The fourth-order valence-corrected chi connectivity index (χ4v) is 3.85. The summed E-state index contributed by atoms with van der Waals surface area (Å²) in [4.78, 5) is 29.2. The molecule has 3 rings (SSSR count). The van der Waals surface area contributed by atoms with Gasteiger partial charge in [0, 0.05) is 32.2 Å². The number of hydrogen-bond donors (Lipinski definition) is 0. The highest BCUT2D eigenvalue weighted by atomic mass is 16.5. The summed E-state index contributed by atoms with van der Waals surface area (Å²) in [6, 6.07) is 5.76. The summed E-state index contributed by atoms with van der Waals surface area (Å²) >= 11 is 0. The standard InChI is InChI=1S/C19H26N2O3/c1-18(2,3)11-16(22)21-9-8-19(12-21)14-10-13(24-5)6-7-15(14)20(4)17(19)23/h6-7,10H,8-9,11-12H2,1-5H3/t19-/m1/s1. The van der Waals surface area contributed by atoms with Gasteiger partial charge in [0.25, 0.3) is 0 Å². The minimum Gasteiger partial charge on any atom is -0.497 e. The van der Waals surface area contributed by atoms with Gasteiger partial charge in [-0.25, -0.2) is 0 Å². The molecule has 0 bridgehead atoms. The quantitative estimate of drug-likeness (QED) is 0.837. The number of methoxy groups -OCH3 is 1. The van der Waals surface area contributed by atoms with Crippen molar-refractivity contribution in [1.29, 1.82) is 0 Å². The molecule has 0 unspecified atom stereocenters. The molecular formula is C19H26N2O3. The maximum atomic E-state index is 13.0. The van der Waals surface area contributed by atoms with Crippen LogP contribution in [0.2, 0.25) is 0 Å². The lowest BCUT2D eigenvalue weighted by Gasteiger charge is -2.26. The Morgan fingerprint density at radius 2 is 2.04 bits per heavy atom. The smallest absolute Gasteiger partial charge is 0.239 e. The molecule has 1 aromatic rings. The van der Waals surface area contributed by atoms with Crippen molar-refractivity contribution < 1.29 is 14.3 Å². The maximum absolute atomic E-state index is 13.0. The first-order valence-corrected chi connectivity index (χ1v) is 8.42. The topological polar surface area (TPSA) is 49.9 Å². The summed E-state index contributed by atoms with van der Waals surface area (Å²) in [6.07, 6.45) is 1.17. The lowest BCUT2D eigenvalue weighted by atomic mass is 9.80. The van der Waals surface area contributed by atoms with Crippen LogP contribution in [-0.4, -0.2) is 44.0 Å². The first-order chi connectivity index (χ1) is 11.2. The molecular weight excluding hydrogens is 304 g/mol. The number of ether oxygens (including phenoxy) is 1. The van der Waals surface area contributed by atoms with Crippen molar-refractivity contribution in [1.82, 2.24) is 4.90 Å². The Hall–Kier alpha value is -2.04. The molecule has 1 saturated heterocycles. The van der Waals surface area contributed by atoms with Crippen LogP contribution in [0.15, 0.2) is 18.2 Å². The van der Waals surface area contributed by atoms with Crippen LogP contribution in [0.25, 0.3) is 0 Å². The number of hydrogen-bond acceptors (Lipinski definition) is 3. The van der Waals surface area contributed by atoms with Gasteiger partial charge in [-0.1, -0.05) is 20.8 Å². The largest absolute Gasteiger partial charge is 0.497 e. The van der Waals surface area contributed by atoms with E-state index in [0.29, 0.717) is 25.9 Å². The molecule has 1 aromatic carbocycles. The van der Waals surface area contributed by atoms with E-state index in [9.17, 15) is 9.59 Å². The van der Waals surface area contributed by atoms with E-state index in [-0.39, 0.29) is 17.2 Å². The molecule has 0 aromatic heterocycles. The molecule has 1 fully saturated rings. The van der Waals surface area contributed by atoms with E-state index in [1.165, 1.54) is 0 Å². The van der Waals surface area contributed by atoms with Crippen LogP contribution in [0.4, 0.5) is 5.69 Å². The number of nitrogens with zero attached hydrogens (tertiary/aromatic N) is 2. The van der Waals surface area contributed by atoms with Crippen molar-refractivity contribution in [2.75, 3.05) is 32.1 Å². The molecule has 0 aliphatic carbocycles. The number of fused-ring (bicyclic) bond motifs is 2. The van der Waals surface area contributed by atoms with Gasteiger partial charge in [-0.05, 0) is 35.6 Å². The van der Waals surface area contributed by atoms with Crippen molar-refractivity contribution in [3.63, 3.8) is 0 Å². The van der Waals surface area contributed by atoms with Crippen LogP contribution in [0.5, 0.6) is 5.75 Å². The van der Waals surface area contributed by atoms with Gasteiger partial charge in [-0.2, -0.15) is 0 Å². The highest BCUT2D eigenvalue weighted by Crippen LogP contribution is 2.48. The van der Waals surface area contributed by atoms with Crippen molar-refractivity contribution >= 4 is 17.5 Å². The van der Waals surface area contributed by atoms with Gasteiger partial charge in [0.05, 0.1) is 12.5 Å². The summed E-state index contributed by atoms with van der Waals surface area (Å²) in [5, 5.41) is 0. The van der Waals surface area contributed by atoms with Crippen molar-refractivity contribution in [3.8, 4) is 5.75 Å². The number of amides is 2. The maximum Gasteiger partial charge on any atom is 0.239 e. The van der Waals surface area contributed by atoms with Crippen LogP contribution in [0.1, 0.15) is 39.2 Å². The predicted molar refractivity (Wildman–Crippen MR) is 93.4 cm³/mol. The molecule has 1 atom stereocenters. The molecule has 5 heteroatoms. The first kappa shape index (κ1) is 16.8. The molecule has 2 heterocycles. The predicted octanol–water partition coefficient (Wildman–Crippen LogP) is 2.58. The normalized spacial score (nSPS) is 23.1. The van der Waals surface area contributed by atoms with E-state index < -0.39 is 5.41 Å². The Labute approximate surface area is 143 Å². The van der Waals surface area contributed by atoms with Gasteiger partial charge in [0.1, 0.15) is 5.75 Å². The summed E-state index contributed by atoms with van der Waals surface area (Å²) in [7, 11) is 3.44. The van der Waals surface area contributed by atoms with E-state index >= 15 is 0 Å². The van der Waals surface area contributed by atoms with Crippen LogP contribution < -0.4 is 9.64 Å². The van der Waals surface area contributed by atoms with Crippen molar-refractivity contribution in [2.45, 2.75) is 39.0 Å². The van der Waals surface area contributed by atoms with Crippen LogP contribution >= 0.6 is 0 Å². The average molecular weight is 330 g/mol. The number of likely N-dealkylation sites (N-methyl/N-ethyl adjacent to an activating group) is 1. The fourth-order valence-electron chi connectivity index (χ4n) is 3.85. The second kappa shape index (κ2) is 5.50. The third kappa shape index (κ3) is 2.56. The van der Waals surface area contributed by atoms with Crippen LogP contribution in [0.3, 0.4) is 0 Å². The van der Waals surface area contributed by atoms with E-state index in [0.717, 1.165) is 17.0 Å². The molecule has 24 heavy (non-hydrogen) atoms. The Kier molecular flexibility index (Phi) is 3.85. The molecule has 2 amide bonds. The third-order valence-electron chi connectivity index (χ3n) is 5.10. The van der Waals surface area contributed by atoms with Gasteiger partial charge < -0.3 is 14.5 Å². The zero-order chi connectivity index (χ0) is 17.7. The van der Waals surface area contributed by atoms with Gasteiger partial charge in [0.2, 0.25) is 11.8 Å². The number of carbonyl (C=O) groups excluding carboxylic acids is 2. The second-order valence-corrected chi connectivity index (χ2v) is 8.13. The first-order valence-electron chi connectivity index (χ1n) is 8.42. The minimum absolute atomic E-state index is 0.0512. The van der Waals surface area contributed by atoms with Gasteiger partial charge >= 0.3 is 0 Å². The number of likely N-dealkylation sites (tertiary alicyclic amines) is 1. The summed E-state index contributed by atoms with van der Waals surface area (Å²) < 4.78 is 5.34. The number of rotatable bonds is 2. The lowest BCUT2D eigenvalue weighted by molar-refractivity contribution is -0.132. The van der Waals surface area contributed by atoms with Crippen LogP contribution in [-0.2, 0) is 15.0 Å². The molecule has 2 aliphatic heterocycles.